The summed E-state index contributed by atoms with van der Waals surface area (Å²) >= 11 is 3.31. The Kier molecular flexibility index (Phi) is 4.45. The van der Waals surface area contributed by atoms with E-state index in [0.29, 0.717) is 24.1 Å². The normalized spacial score (nSPS) is 21.7. The van der Waals surface area contributed by atoms with Gasteiger partial charge in [-0.2, -0.15) is 0 Å². The molecule has 2 saturated heterocycles. The Morgan fingerprint density at radius 2 is 2.21 bits per heavy atom. The molecule has 0 bridgehead atoms. The number of para-hydroxylation sites is 1. The molecule has 0 N–H and O–H groups in total. The Bertz CT molecular complexity index is 743. The predicted octanol–water partition coefficient (Wildman–Crippen LogP) is 2.54. The molecule has 0 saturated carbocycles. The molecule has 0 radical (unpaired) electrons. The molecule has 1 atom stereocenters. The fraction of sp³-hybridized carbons (Fsp3) is 0.471. The van der Waals surface area contributed by atoms with Crippen LogP contribution in [0.1, 0.15) is 23.8 Å². The highest BCUT2D eigenvalue weighted by molar-refractivity contribution is 8.00. The Hall–Kier alpha value is -1.60. The molecule has 0 unspecified atom stereocenters. The number of rotatable bonds is 3. The molecule has 7 heteroatoms. The minimum Gasteiger partial charge on any atom is -0.340 e. The van der Waals surface area contributed by atoms with Crippen LogP contribution in [0.15, 0.2) is 24.3 Å². The molecule has 5 nitrogen and oxygen atoms in total. The van der Waals surface area contributed by atoms with Crippen LogP contribution in [0.25, 0.3) is 10.2 Å². The van der Waals surface area contributed by atoms with Crippen molar-refractivity contribution in [1.82, 2.24) is 14.8 Å². The molecule has 0 aliphatic carbocycles. The lowest BCUT2D eigenvalue weighted by molar-refractivity contribution is -0.138. The topological polar surface area (TPSA) is 53.5 Å². The molecule has 24 heavy (non-hydrogen) atoms. The number of piperidine rings is 1. The van der Waals surface area contributed by atoms with E-state index in [1.165, 1.54) is 4.70 Å². The number of hydrogen-bond donors (Lipinski definition) is 0. The van der Waals surface area contributed by atoms with Gasteiger partial charge >= 0.3 is 0 Å². The number of amides is 2. The summed E-state index contributed by atoms with van der Waals surface area (Å²) in [6.07, 6.45) is 2.07. The van der Waals surface area contributed by atoms with Crippen LogP contribution in [0.3, 0.4) is 0 Å². The van der Waals surface area contributed by atoms with E-state index in [1.54, 1.807) is 28.0 Å². The van der Waals surface area contributed by atoms with Crippen molar-refractivity contribution in [3.63, 3.8) is 0 Å². The highest BCUT2D eigenvalue weighted by atomic mass is 32.2. The SMILES string of the molecule is O=C1CSCN1CC(=O)N1CCC[C@H](c2nc3ccccc3s2)C1. The molecular weight excluding hydrogens is 342 g/mol. The molecule has 2 fully saturated rings. The van der Waals surface area contributed by atoms with E-state index in [0.717, 1.165) is 29.9 Å². The summed E-state index contributed by atoms with van der Waals surface area (Å²) in [5.41, 5.74) is 1.04. The first-order valence-corrected chi connectivity index (χ1v) is 10.2. The van der Waals surface area contributed by atoms with Crippen LogP contribution in [-0.4, -0.2) is 57.9 Å². The van der Waals surface area contributed by atoms with Gasteiger partial charge in [-0.25, -0.2) is 4.98 Å². The molecular formula is C17H19N3O2S2. The Labute approximate surface area is 149 Å². The summed E-state index contributed by atoms with van der Waals surface area (Å²) in [5, 5.41) is 1.13. The van der Waals surface area contributed by atoms with Crippen LogP contribution in [0.5, 0.6) is 0 Å². The van der Waals surface area contributed by atoms with E-state index in [2.05, 4.69) is 6.07 Å². The zero-order valence-electron chi connectivity index (χ0n) is 13.3. The molecule has 2 amide bonds. The lowest BCUT2D eigenvalue weighted by atomic mass is 9.98. The third-order valence-electron chi connectivity index (χ3n) is 4.59. The third-order valence-corrected chi connectivity index (χ3v) is 6.73. The van der Waals surface area contributed by atoms with Gasteiger partial charge in [0.25, 0.3) is 0 Å². The number of hydrogen-bond acceptors (Lipinski definition) is 5. The second-order valence-electron chi connectivity index (χ2n) is 6.27. The maximum absolute atomic E-state index is 12.6. The first kappa shape index (κ1) is 15.9. The van der Waals surface area contributed by atoms with E-state index in [4.69, 9.17) is 4.98 Å². The monoisotopic (exact) mass is 361 g/mol. The highest BCUT2D eigenvalue weighted by Crippen LogP contribution is 2.33. The van der Waals surface area contributed by atoms with Gasteiger partial charge < -0.3 is 9.80 Å². The van der Waals surface area contributed by atoms with E-state index < -0.39 is 0 Å². The third kappa shape index (κ3) is 3.15. The van der Waals surface area contributed by atoms with E-state index in [1.807, 2.05) is 23.1 Å². The zero-order valence-corrected chi connectivity index (χ0v) is 14.9. The van der Waals surface area contributed by atoms with Crippen LogP contribution in [0, 0.1) is 0 Å². The zero-order chi connectivity index (χ0) is 16.5. The molecule has 126 valence electrons. The lowest BCUT2D eigenvalue weighted by Crippen LogP contribution is -2.45. The van der Waals surface area contributed by atoms with Gasteiger partial charge in [-0.3, -0.25) is 9.59 Å². The lowest BCUT2D eigenvalue weighted by Gasteiger charge is -2.32. The van der Waals surface area contributed by atoms with Crippen molar-refractivity contribution in [1.29, 1.82) is 0 Å². The Morgan fingerprint density at radius 3 is 3.00 bits per heavy atom. The maximum atomic E-state index is 12.6. The predicted molar refractivity (Wildman–Crippen MR) is 97.2 cm³/mol. The molecule has 0 spiro atoms. The summed E-state index contributed by atoms with van der Waals surface area (Å²) in [7, 11) is 0. The van der Waals surface area contributed by atoms with Crippen molar-refractivity contribution in [2.24, 2.45) is 0 Å². The van der Waals surface area contributed by atoms with Crippen molar-refractivity contribution in [2.45, 2.75) is 18.8 Å². The highest BCUT2D eigenvalue weighted by Gasteiger charge is 2.30. The van der Waals surface area contributed by atoms with Crippen molar-refractivity contribution in [3.8, 4) is 0 Å². The number of thiazole rings is 1. The molecule has 3 heterocycles. The first-order chi connectivity index (χ1) is 11.7. The number of aromatic nitrogens is 1. The van der Waals surface area contributed by atoms with Crippen LogP contribution in [0.2, 0.25) is 0 Å². The number of carbonyl (C=O) groups excluding carboxylic acids is 2. The molecule has 1 aromatic carbocycles. The minimum absolute atomic E-state index is 0.0664. The number of likely N-dealkylation sites (tertiary alicyclic amines) is 1. The molecule has 2 aliphatic heterocycles. The van der Waals surface area contributed by atoms with Crippen molar-refractivity contribution < 1.29 is 9.59 Å². The molecule has 1 aromatic heterocycles. The van der Waals surface area contributed by atoms with Gasteiger partial charge in [-0.1, -0.05) is 12.1 Å². The number of fused-ring (bicyclic) bond motifs is 1. The van der Waals surface area contributed by atoms with Gasteiger partial charge in [-0.15, -0.1) is 23.1 Å². The van der Waals surface area contributed by atoms with Crippen LogP contribution in [-0.2, 0) is 9.59 Å². The average molecular weight is 361 g/mol. The average Bonchev–Trinajstić information content (AvgIpc) is 3.21. The van der Waals surface area contributed by atoms with Gasteiger partial charge in [0.05, 0.1) is 26.9 Å². The molecule has 2 aromatic rings. The fourth-order valence-electron chi connectivity index (χ4n) is 3.27. The second-order valence-corrected chi connectivity index (χ2v) is 8.29. The van der Waals surface area contributed by atoms with Gasteiger partial charge in [0.1, 0.15) is 6.54 Å². The number of thioether (sulfide) groups is 1. The van der Waals surface area contributed by atoms with Crippen LogP contribution >= 0.6 is 23.1 Å². The van der Waals surface area contributed by atoms with E-state index >= 15 is 0 Å². The smallest absolute Gasteiger partial charge is 0.242 e. The van der Waals surface area contributed by atoms with Gasteiger partial charge in [0.2, 0.25) is 11.8 Å². The standard InChI is InChI=1S/C17H19N3O2S2/c21-15(9-20-11-23-10-16(20)22)19-7-3-4-12(8-19)17-18-13-5-1-2-6-14(13)24-17/h1-2,5-6,12H,3-4,7-11H2/t12-/m0/s1. The van der Waals surface area contributed by atoms with Gasteiger partial charge in [-0.05, 0) is 25.0 Å². The van der Waals surface area contributed by atoms with Gasteiger partial charge in [0, 0.05) is 19.0 Å². The summed E-state index contributed by atoms with van der Waals surface area (Å²) in [4.78, 5) is 32.6. The summed E-state index contributed by atoms with van der Waals surface area (Å²) in [5.74, 6) is 1.59. The number of carbonyl (C=O) groups is 2. The number of benzene rings is 1. The van der Waals surface area contributed by atoms with E-state index in [9.17, 15) is 9.59 Å². The Morgan fingerprint density at radius 1 is 1.33 bits per heavy atom. The molecule has 2 aliphatic rings. The molecule has 4 rings (SSSR count). The van der Waals surface area contributed by atoms with Crippen molar-refractivity contribution >= 4 is 45.1 Å². The van der Waals surface area contributed by atoms with Crippen molar-refractivity contribution in [2.75, 3.05) is 31.3 Å². The minimum atomic E-state index is 0.0664. The quantitative estimate of drug-likeness (QED) is 0.843. The summed E-state index contributed by atoms with van der Waals surface area (Å²) in [6.45, 7) is 1.72. The van der Waals surface area contributed by atoms with E-state index in [-0.39, 0.29) is 18.4 Å². The second kappa shape index (κ2) is 6.72. The van der Waals surface area contributed by atoms with Crippen molar-refractivity contribution in [3.05, 3.63) is 29.3 Å². The first-order valence-electron chi connectivity index (χ1n) is 8.19. The summed E-state index contributed by atoms with van der Waals surface area (Å²) < 4.78 is 1.20. The largest absolute Gasteiger partial charge is 0.340 e. The Balaban J connectivity index is 1.45. The number of nitrogens with zero attached hydrogens (tertiary/aromatic N) is 3. The summed E-state index contributed by atoms with van der Waals surface area (Å²) in [6, 6.07) is 8.18. The van der Waals surface area contributed by atoms with Crippen LogP contribution in [0.4, 0.5) is 0 Å². The fourth-order valence-corrected chi connectivity index (χ4v) is 5.27. The van der Waals surface area contributed by atoms with Crippen LogP contribution < -0.4 is 0 Å². The van der Waals surface area contributed by atoms with Gasteiger partial charge in [0.15, 0.2) is 0 Å². The maximum Gasteiger partial charge on any atom is 0.242 e.